The number of ether oxygens (including phenoxy) is 2. The van der Waals surface area contributed by atoms with E-state index in [9.17, 15) is 0 Å². The van der Waals surface area contributed by atoms with Gasteiger partial charge in [0.2, 0.25) is 0 Å². The van der Waals surface area contributed by atoms with Gasteiger partial charge in [-0.05, 0) is 140 Å². The number of nitrogens with zero attached hydrogens (tertiary/aromatic N) is 8. The number of pyridine rings is 4. The molecule has 0 radical (unpaired) electrons. The molecule has 0 bridgehead atoms. The minimum absolute atomic E-state index is 0. The molecule has 10 nitrogen and oxygen atoms in total. The summed E-state index contributed by atoms with van der Waals surface area (Å²) in [6, 6.07) is 75.3. The number of hydrogen-bond donors (Lipinski definition) is 0. The van der Waals surface area contributed by atoms with Crippen molar-refractivity contribution in [1.82, 2.24) is 38.2 Å². The predicted octanol–water partition coefficient (Wildman–Crippen LogP) is 20.4. The number of benzene rings is 8. The second-order valence-corrected chi connectivity index (χ2v) is 27.8. The summed E-state index contributed by atoms with van der Waals surface area (Å²) in [7, 11) is 0. The van der Waals surface area contributed by atoms with E-state index in [-0.39, 0.29) is 42.1 Å². The summed E-state index contributed by atoms with van der Waals surface area (Å²) in [5.41, 5.74) is 17.9. The van der Waals surface area contributed by atoms with E-state index in [1.165, 1.54) is 71.3 Å². The van der Waals surface area contributed by atoms with Gasteiger partial charge in [-0.2, -0.15) is 12.1 Å². The third-order valence-corrected chi connectivity index (χ3v) is 19.4. The first-order valence-electron chi connectivity index (χ1n) is 31.7. The van der Waals surface area contributed by atoms with Crippen molar-refractivity contribution in [3.63, 3.8) is 0 Å². The van der Waals surface area contributed by atoms with E-state index in [0.29, 0.717) is 11.5 Å². The SMILES string of the molecule is CC(C)(C)c1cc2c3c(c1)c1cccnc1n3-c1[c-]c(Oc3[c-]c4c(cc3)c3ccccc3n4-c3ccccn3)ccc1C2(C)C.CC(C)(C)c1cc2c3c(c1)c1cccnc1n3-c1cc(Oc3ccc4c5ccccc5n(-c5ccccn5)c4c3)ccc1C2(C)C.[Pd+2]. The molecule has 0 saturated carbocycles. The molecule has 0 spiro atoms. The van der Waals surface area contributed by atoms with Gasteiger partial charge in [0.25, 0.3) is 0 Å². The molecule has 0 amide bonds. The van der Waals surface area contributed by atoms with Crippen LogP contribution >= 0.6 is 0 Å². The van der Waals surface area contributed by atoms with Crippen LogP contribution in [0.15, 0.2) is 219 Å². The maximum Gasteiger partial charge on any atom is 2.00 e. The van der Waals surface area contributed by atoms with Gasteiger partial charge in [0.15, 0.2) is 0 Å². The van der Waals surface area contributed by atoms with Gasteiger partial charge >= 0.3 is 20.4 Å². The Morgan fingerprint density at radius 2 is 0.849 bits per heavy atom. The first-order valence-corrected chi connectivity index (χ1v) is 31.7. The van der Waals surface area contributed by atoms with Crippen LogP contribution in [0.1, 0.15) is 103 Å². The van der Waals surface area contributed by atoms with E-state index in [4.69, 9.17) is 19.4 Å². The molecule has 10 heterocycles. The predicted molar refractivity (Wildman–Crippen MR) is 374 cm³/mol. The van der Waals surface area contributed by atoms with Crippen molar-refractivity contribution in [3.05, 3.63) is 264 Å². The van der Waals surface area contributed by atoms with Gasteiger partial charge in [-0.1, -0.05) is 147 Å². The molecule has 18 rings (SSSR count). The smallest absolute Gasteiger partial charge is 0.509 e. The van der Waals surface area contributed by atoms with Crippen LogP contribution in [0.2, 0.25) is 0 Å². The molecule has 0 fully saturated rings. The average molecular weight is 1300 g/mol. The number of para-hydroxylation sites is 2. The summed E-state index contributed by atoms with van der Waals surface area (Å²) in [6.45, 7) is 23.0. The van der Waals surface area contributed by atoms with Crippen LogP contribution in [0.25, 0.3) is 110 Å². The Labute approximate surface area is 553 Å². The summed E-state index contributed by atoms with van der Waals surface area (Å²) in [5.74, 6) is 4.54. The van der Waals surface area contributed by atoms with Crippen molar-refractivity contribution in [2.24, 2.45) is 0 Å². The second-order valence-electron chi connectivity index (χ2n) is 27.8. The minimum Gasteiger partial charge on any atom is -0.509 e. The number of fused-ring (bicyclic) bond motifs is 16. The molecule has 2 aliphatic heterocycles. The van der Waals surface area contributed by atoms with E-state index >= 15 is 0 Å². The number of aromatic nitrogens is 8. The van der Waals surface area contributed by atoms with Crippen molar-refractivity contribution in [2.75, 3.05) is 0 Å². The molecule has 0 unspecified atom stereocenters. The van der Waals surface area contributed by atoms with Crippen LogP contribution < -0.4 is 9.47 Å². The molecule has 0 saturated heterocycles. The molecule has 0 atom stereocenters. The maximum absolute atomic E-state index is 6.68. The third-order valence-electron chi connectivity index (χ3n) is 19.4. The van der Waals surface area contributed by atoms with Gasteiger partial charge in [0.1, 0.15) is 34.4 Å². The van der Waals surface area contributed by atoms with E-state index in [2.05, 4.69) is 243 Å². The van der Waals surface area contributed by atoms with Gasteiger partial charge in [-0.3, -0.25) is 9.13 Å². The van der Waals surface area contributed by atoms with Crippen molar-refractivity contribution < 1.29 is 29.9 Å². The van der Waals surface area contributed by atoms with Gasteiger partial charge in [0.05, 0.1) is 27.8 Å². The normalized spacial score (nSPS) is 13.8. The van der Waals surface area contributed by atoms with E-state index < -0.39 is 0 Å². The molecule has 11 heteroatoms. The van der Waals surface area contributed by atoms with E-state index in [1.807, 2.05) is 85.5 Å². The average Bonchev–Trinajstić information content (AvgIpc) is 1.61. The Bertz CT molecular complexity index is 5380. The van der Waals surface area contributed by atoms with E-state index in [0.717, 1.165) is 84.0 Å². The first kappa shape index (κ1) is 57.9. The monoisotopic (exact) mass is 1300 g/mol. The zero-order valence-electron chi connectivity index (χ0n) is 53.5. The molecule has 93 heavy (non-hydrogen) atoms. The molecule has 8 aromatic carbocycles. The summed E-state index contributed by atoms with van der Waals surface area (Å²) >= 11 is 0. The molecular formula is C82H66N8O2Pd. The number of hydrogen-bond acceptors (Lipinski definition) is 6. The van der Waals surface area contributed by atoms with Crippen molar-refractivity contribution >= 4 is 87.5 Å². The minimum atomic E-state index is -0.247. The molecule has 0 aliphatic carbocycles. The van der Waals surface area contributed by atoms with Crippen molar-refractivity contribution in [1.29, 1.82) is 0 Å². The van der Waals surface area contributed by atoms with Gasteiger partial charge < -0.3 is 18.6 Å². The molecule has 0 N–H and O–H groups in total. The Kier molecular flexibility index (Phi) is 13.0. The maximum atomic E-state index is 6.68. The molecular weight excluding hydrogens is 1240 g/mol. The summed E-state index contributed by atoms with van der Waals surface area (Å²) in [6.07, 6.45) is 7.42. The van der Waals surface area contributed by atoms with Crippen LogP contribution in [0.5, 0.6) is 23.0 Å². The van der Waals surface area contributed by atoms with Crippen LogP contribution in [0.4, 0.5) is 0 Å². The fourth-order valence-corrected chi connectivity index (χ4v) is 14.7. The molecule has 456 valence electrons. The van der Waals surface area contributed by atoms with Crippen molar-refractivity contribution in [3.8, 4) is 46.0 Å². The van der Waals surface area contributed by atoms with Crippen LogP contribution in [-0.2, 0) is 42.1 Å². The van der Waals surface area contributed by atoms with Crippen LogP contribution in [0.3, 0.4) is 0 Å². The van der Waals surface area contributed by atoms with E-state index in [1.54, 1.807) is 0 Å². The summed E-state index contributed by atoms with van der Waals surface area (Å²) in [4.78, 5) is 19.2. The Hall–Kier alpha value is -10.2. The second kappa shape index (κ2) is 20.9. The van der Waals surface area contributed by atoms with Gasteiger partial charge in [0, 0.05) is 91.7 Å². The third kappa shape index (κ3) is 8.92. The van der Waals surface area contributed by atoms with Crippen molar-refractivity contribution in [2.45, 2.75) is 90.9 Å². The van der Waals surface area contributed by atoms with Gasteiger partial charge in [-0.15, -0.1) is 35.2 Å². The first-order chi connectivity index (χ1) is 44.4. The summed E-state index contributed by atoms with van der Waals surface area (Å²) in [5, 5.41) is 9.41. The van der Waals surface area contributed by atoms with Crippen LogP contribution in [-0.4, -0.2) is 38.2 Å². The Morgan fingerprint density at radius 1 is 0.366 bits per heavy atom. The largest absolute Gasteiger partial charge is 2.00 e. The molecule has 2 aliphatic rings. The fraction of sp³-hybridized carbons (Fsp3) is 0.171. The molecule has 8 aromatic heterocycles. The standard InChI is InChI=1S/C41H34N4O.C41H32N4O.Pd/c2*1-40(2,3)25-21-31-30-12-10-20-43-39(30)45-36-24-27(16-18-32(36)41(4,5)33(22-25)38(31)45)46-26-15-17-29-28-11-6-7-13-34(28)44(35(29)23-26)37-14-8-9-19-42-37;/h6-24H,1-5H3;6-22H,1-5H3;/q;-2;+2. The van der Waals surface area contributed by atoms with Gasteiger partial charge in [-0.25, -0.2) is 19.9 Å². The Balaban J connectivity index is 0.000000146. The Morgan fingerprint density at radius 3 is 1.48 bits per heavy atom. The quantitative estimate of drug-likeness (QED) is 0.122. The number of rotatable bonds is 6. The topological polar surface area (TPSA) is 89.7 Å². The van der Waals surface area contributed by atoms with Crippen LogP contribution in [0, 0.1) is 12.1 Å². The summed E-state index contributed by atoms with van der Waals surface area (Å²) < 4.78 is 22.2. The fourth-order valence-electron chi connectivity index (χ4n) is 14.7. The zero-order valence-corrected chi connectivity index (χ0v) is 55.0. The molecule has 16 aromatic rings. The zero-order chi connectivity index (χ0) is 62.7.